The molecule has 0 saturated carbocycles. The molecule has 0 bridgehead atoms. The summed E-state index contributed by atoms with van der Waals surface area (Å²) in [7, 11) is 0. The Morgan fingerprint density at radius 2 is 2.30 bits per heavy atom. The highest BCUT2D eigenvalue weighted by atomic mass is 32.1. The normalized spacial score (nSPS) is 18.8. The Balaban J connectivity index is 1.98. The van der Waals surface area contributed by atoms with E-state index in [0.717, 1.165) is 16.3 Å². The van der Waals surface area contributed by atoms with E-state index >= 15 is 0 Å². The highest BCUT2D eigenvalue weighted by molar-refractivity contribution is 7.21. The molecular weight excluding hydrogens is 272 g/mol. The number of nitrogens with one attached hydrogen (secondary N) is 1. The first-order valence-corrected chi connectivity index (χ1v) is 7.52. The molecule has 1 unspecified atom stereocenters. The molecule has 20 heavy (non-hydrogen) atoms. The SMILES string of the molecule is CCOc1ccc2cc(C3=NNC(=O)CC3C)sc2c1. The quantitative estimate of drug-likeness (QED) is 0.943. The third kappa shape index (κ3) is 2.41. The lowest BCUT2D eigenvalue weighted by Gasteiger charge is -2.17. The molecule has 1 N–H and O–H groups in total. The van der Waals surface area contributed by atoms with Gasteiger partial charge < -0.3 is 4.74 Å². The second-order valence-electron chi connectivity index (χ2n) is 4.88. The topological polar surface area (TPSA) is 50.7 Å². The van der Waals surface area contributed by atoms with Gasteiger partial charge in [0.1, 0.15) is 5.75 Å². The van der Waals surface area contributed by atoms with Gasteiger partial charge in [0, 0.05) is 17.0 Å². The van der Waals surface area contributed by atoms with Gasteiger partial charge in [-0.3, -0.25) is 4.79 Å². The monoisotopic (exact) mass is 288 g/mol. The predicted molar refractivity (Wildman–Crippen MR) is 81.5 cm³/mol. The fraction of sp³-hybridized carbons (Fsp3) is 0.333. The lowest BCUT2D eigenvalue weighted by Crippen LogP contribution is -2.31. The highest BCUT2D eigenvalue weighted by Gasteiger charge is 2.23. The van der Waals surface area contributed by atoms with Crippen molar-refractivity contribution in [1.82, 2.24) is 5.43 Å². The Morgan fingerprint density at radius 3 is 3.05 bits per heavy atom. The average molecular weight is 288 g/mol. The van der Waals surface area contributed by atoms with Crippen molar-refractivity contribution < 1.29 is 9.53 Å². The van der Waals surface area contributed by atoms with E-state index in [1.165, 1.54) is 10.1 Å². The summed E-state index contributed by atoms with van der Waals surface area (Å²) in [6, 6.07) is 8.23. The van der Waals surface area contributed by atoms with Gasteiger partial charge in [-0.15, -0.1) is 11.3 Å². The van der Waals surface area contributed by atoms with Crippen LogP contribution in [0.5, 0.6) is 5.75 Å². The Hall–Kier alpha value is -1.88. The highest BCUT2D eigenvalue weighted by Crippen LogP contribution is 2.31. The molecule has 1 aromatic carbocycles. The van der Waals surface area contributed by atoms with E-state index < -0.39 is 0 Å². The number of carbonyl (C=O) groups excluding carboxylic acids is 1. The molecule has 1 aromatic heterocycles. The zero-order valence-corrected chi connectivity index (χ0v) is 12.3. The van der Waals surface area contributed by atoms with Gasteiger partial charge in [-0.1, -0.05) is 6.92 Å². The molecule has 0 radical (unpaired) electrons. The van der Waals surface area contributed by atoms with Gasteiger partial charge in [-0.05, 0) is 36.6 Å². The van der Waals surface area contributed by atoms with Gasteiger partial charge in [-0.2, -0.15) is 5.10 Å². The lowest BCUT2D eigenvalue weighted by molar-refractivity contribution is -0.121. The van der Waals surface area contributed by atoms with Crippen molar-refractivity contribution in [1.29, 1.82) is 0 Å². The van der Waals surface area contributed by atoms with Crippen LogP contribution in [0.1, 0.15) is 25.1 Å². The minimum atomic E-state index is -0.0130. The second-order valence-corrected chi connectivity index (χ2v) is 5.96. The number of hydrogen-bond acceptors (Lipinski definition) is 4. The number of carbonyl (C=O) groups is 1. The molecule has 0 aliphatic carbocycles. The van der Waals surface area contributed by atoms with Gasteiger partial charge in [0.25, 0.3) is 0 Å². The molecular formula is C15H16N2O2S. The van der Waals surface area contributed by atoms with E-state index in [9.17, 15) is 4.79 Å². The number of hydrogen-bond donors (Lipinski definition) is 1. The van der Waals surface area contributed by atoms with E-state index in [1.54, 1.807) is 11.3 Å². The molecule has 2 aromatic rings. The number of fused-ring (bicyclic) bond motifs is 1. The van der Waals surface area contributed by atoms with Crippen LogP contribution < -0.4 is 10.2 Å². The number of thiophene rings is 1. The van der Waals surface area contributed by atoms with Gasteiger partial charge in [0.05, 0.1) is 17.2 Å². The molecule has 1 aliphatic heterocycles. The molecule has 2 heterocycles. The third-order valence-electron chi connectivity index (χ3n) is 3.31. The maximum absolute atomic E-state index is 11.3. The summed E-state index contributed by atoms with van der Waals surface area (Å²) in [5.41, 5.74) is 3.53. The summed E-state index contributed by atoms with van der Waals surface area (Å²) in [5.74, 6) is 1.03. The van der Waals surface area contributed by atoms with Crippen LogP contribution in [0.4, 0.5) is 0 Å². The summed E-state index contributed by atoms with van der Waals surface area (Å²) < 4.78 is 6.70. The van der Waals surface area contributed by atoms with Crippen molar-refractivity contribution in [2.24, 2.45) is 11.0 Å². The van der Waals surface area contributed by atoms with E-state index in [1.807, 2.05) is 19.9 Å². The number of ether oxygens (including phenoxy) is 1. The molecule has 1 amide bonds. The largest absolute Gasteiger partial charge is 0.494 e. The molecule has 5 heteroatoms. The minimum absolute atomic E-state index is 0.0130. The van der Waals surface area contributed by atoms with Crippen molar-refractivity contribution >= 4 is 33.0 Å². The zero-order valence-electron chi connectivity index (χ0n) is 11.5. The lowest BCUT2D eigenvalue weighted by atomic mass is 9.99. The summed E-state index contributed by atoms with van der Waals surface area (Å²) in [5, 5.41) is 5.39. The minimum Gasteiger partial charge on any atom is -0.494 e. The Labute approximate surface area is 121 Å². The number of rotatable bonds is 3. The number of nitrogens with zero attached hydrogens (tertiary/aromatic N) is 1. The Kier molecular flexibility index (Phi) is 3.44. The molecule has 3 rings (SSSR count). The summed E-state index contributed by atoms with van der Waals surface area (Å²) in [6.07, 6.45) is 0.497. The third-order valence-corrected chi connectivity index (χ3v) is 4.43. The smallest absolute Gasteiger partial charge is 0.240 e. The van der Waals surface area contributed by atoms with E-state index in [-0.39, 0.29) is 11.8 Å². The van der Waals surface area contributed by atoms with Gasteiger partial charge in [0.2, 0.25) is 5.91 Å². The number of amides is 1. The Bertz CT molecular complexity index is 690. The molecule has 0 spiro atoms. The van der Waals surface area contributed by atoms with Crippen LogP contribution in [0, 0.1) is 5.92 Å². The van der Waals surface area contributed by atoms with Crippen LogP contribution in [-0.4, -0.2) is 18.2 Å². The zero-order chi connectivity index (χ0) is 14.1. The maximum Gasteiger partial charge on any atom is 0.240 e. The molecule has 0 saturated heterocycles. The van der Waals surface area contributed by atoms with Crippen LogP contribution >= 0.6 is 11.3 Å². The fourth-order valence-corrected chi connectivity index (χ4v) is 3.54. The fourth-order valence-electron chi connectivity index (χ4n) is 2.35. The average Bonchev–Trinajstić information content (AvgIpc) is 2.81. The van der Waals surface area contributed by atoms with Gasteiger partial charge in [0.15, 0.2) is 0 Å². The van der Waals surface area contributed by atoms with E-state index in [0.29, 0.717) is 13.0 Å². The van der Waals surface area contributed by atoms with E-state index in [4.69, 9.17) is 4.74 Å². The summed E-state index contributed by atoms with van der Waals surface area (Å²) >= 11 is 1.69. The van der Waals surface area contributed by atoms with E-state index in [2.05, 4.69) is 28.7 Å². The summed E-state index contributed by atoms with van der Waals surface area (Å²) in [6.45, 7) is 4.68. The molecule has 1 atom stereocenters. The van der Waals surface area contributed by atoms with Crippen molar-refractivity contribution in [3.05, 3.63) is 29.1 Å². The predicted octanol–water partition coefficient (Wildman–Crippen LogP) is 3.16. The van der Waals surface area contributed by atoms with Crippen LogP contribution in [0.3, 0.4) is 0 Å². The molecule has 1 aliphatic rings. The maximum atomic E-state index is 11.3. The molecule has 104 valence electrons. The van der Waals surface area contributed by atoms with Crippen molar-refractivity contribution in [3.8, 4) is 5.75 Å². The van der Waals surface area contributed by atoms with Gasteiger partial charge in [-0.25, -0.2) is 5.43 Å². The second kappa shape index (κ2) is 5.25. The first-order valence-electron chi connectivity index (χ1n) is 6.70. The van der Waals surface area contributed by atoms with Gasteiger partial charge >= 0.3 is 0 Å². The Morgan fingerprint density at radius 1 is 1.45 bits per heavy atom. The van der Waals surface area contributed by atoms with Crippen LogP contribution in [0.25, 0.3) is 10.1 Å². The first-order chi connectivity index (χ1) is 9.67. The molecule has 0 fully saturated rings. The van der Waals surface area contributed by atoms with Crippen molar-refractivity contribution in [3.63, 3.8) is 0 Å². The summed E-state index contributed by atoms with van der Waals surface area (Å²) in [4.78, 5) is 12.4. The number of benzene rings is 1. The van der Waals surface area contributed by atoms with Crippen molar-refractivity contribution in [2.75, 3.05) is 6.61 Å². The van der Waals surface area contributed by atoms with Crippen molar-refractivity contribution in [2.45, 2.75) is 20.3 Å². The first kappa shape index (κ1) is 13.1. The van der Waals surface area contributed by atoms with Crippen LogP contribution in [0.2, 0.25) is 0 Å². The standard InChI is InChI=1S/C15H16N2O2S/c1-3-19-11-5-4-10-7-13(20-12(10)8-11)15-9(2)6-14(18)16-17-15/h4-5,7-9H,3,6H2,1-2H3,(H,16,18). The van der Waals surface area contributed by atoms with Crippen LogP contribution in [0.15, 0.2) is 29.4 Å². The van der Waals surface area contributed by atoms with Crippen LogP contribution in [-0.2, 0) is 4.79 Å². The molecule has 4 nitrogen and oxygen atoms in total. The number of hydrazone groups is 1.